The number of hydrogen-bond acceptors (Lipinski definition) is 7. The molecule has 176 valence electrons. The van der Waals surface area contributed by atoms with Gasteiger partial charge in [0.25, 0.3) is 0 Å². The molecule has 10 nitrogen and oxygen atoms in total. The molecule has 2 aromatic carbocycles. The zero-order chi connectivity index (χ0) is 24.2. The highest BCUT2D eigenvalue weighted by atomic mass is 35.5. The predicted octanol–water partition coefficient (Wildman–Crippen LogP) is 2.78. The summed E-state index contributed by atoms with van der Waals surface area (Å²) in [6, 6.07) is 12.6. The maximum absolute atomic E-state index is 13.0. The second kappa shape index (κ2) is 9.92. The van der Waals surface area contributed by atoms with Crippen molar-refractivity contribution in [1.82, 2.24) is 23.9 Å². The first-order valence-electron chi connectivity index (χ1n) is 10.7. The van der Waals surface area contributed by atoms with Gasteiger partial charge in [0.05, 0.1) is 24.8 Å². The Morgan fingerprint density at radius 2 is 1.88 bits per heavy atom. The van der Waals surface area contributed by atoms with E-state index in [1.165, 1.54) is 11.5 Å². The third-order valence-corrected chi connectivity index (χ3v) is 5.48. The Morgan fingerprint density at radius 3 is 2.59 bits per heavy atom. The van der Waals surface area contributed by atoms with Crippen molar-refractivity contribution in [2.75, 3.05) is 11.9 Å². The first kappa shape index (κ1) is 23.2. The minimum atomic E-state index is -0.623. The van der Waals surface area contributed by atoms with Gasteiger partial charge < -0.3 is 10.1 Å². The van der Waals surface area contributed by atoms with Crippen LogP contribution in [0.1, 0.15) is 19.4 Å². The first-order chi connectivity index (χ1) is 16.4. The van der Waals surface area contributed by atoms with Gasteiger partial charge in [-0.3, -0.25) is 14.0 Å². The number of hydrogen-bond donors (Lipinski definition) is 1. The smallest absolute Gasteiger partial charge is 0.354 e. The predicted molar refractivity (Wildman–Crippen MR) is 129 cm³/mol. The number of benzene rings is 2. The summed E-state index contributed by atoms with van der Waals surface area (Å²) < 4.78 is 9.22. The monoisotopic (exact) mass is 482 g/mol. The van der Waals surface area contributed by atoms with Crippen LogP contribution in [0.3, 0.4) is 0 Å². The molecule has 0 aliphatic rings. The highest BCUT2D eigenvalue weighted by Gasteiger charge is 2.14. The quantitative estimate of drug-likeness (QED) is 0.384. The van der Waals surface area contributed by atoms with E-state index in [2.05, 4.69) is 15.4 Å². The fraction of sp³-hybridized carbons (Fsp3) is 0.261. The fourth-order valence-corrected chi connectivity index (χ4v) is 3.68. The average Bonchev–Trinajstić information content (AvgIpc) is 3.20. The lowest BCUT2D eigenvalue weighted by molar-refractivity contribution is -0.141. The number of esters is 1. The van der Waals surface area contributed by atoms with Crippen molar-refractivity contribution in [3.05, 3.63) is 80.2 Å². The molecule has 0 spiro atoms. The SMILES string of the molecule is CCn1c(=O)nc(Nc2ccc3c(cnn3CCOC(C)=O)c2)n(Cc2ccc(Cl)cc2)c1=O. The number of anilines is 2. The number of nitrogens with one attached hydrogen (secondary N) is 1. The second-order valence-electron chi connectivity index (χ2n) is 7.56. The van der Waals surface area contributed by atoms with Gasteiger partial charge in [-0.25, -0.2) is 14.2 Å². The van der Waals surface area contributed by atoms with Crippen LogP contribution in [0.4, 0.5) is 11.6 Å². The van der Waals surface area contributed by atoms with Crippen molar-refractivity contribution in [3.8, 4) is 0 Å². The van der Waals surface area contributed by atoms with Crippen LogP contribution in [0, 0.1) is 0 Å². The van der Waals surface area contributed by atoms with E-state index in [1.807, 2.05) is 24.3 Å². The summed E-state index contributed by atoms with van der Waals surface area (Å²) in [6.45, 7) is 4.15. The minimum absolute atomic E-state index is 0.135. The van der Waals surface area contributed by atoms with E-state index in [9.17, 15) is 14.4 Å². The van der Waals surface area contributed by atoms with Crippen molar-refractivity contribution >= 4 is 40.1 Å². The maximum Gasteiger partial charge on any atom is 0.354 e. The van der Waals surface area contributed by atoms with Crippen LogP contribution in [-0.4, -0.2) is 36.5 Å². The lowest BCUT2D eigenvalue weighted by Crippen LogP contribution is -2.42. The van der Waals surface area contributed by atoms with Crippen molar-refractivity contribution in [2.24, 2.45) is 0 Å². The van der Waals surface area contributed by atoms with Crippen LogP contribution in [0.25, 0.3) is 10.9 Å². The molecule has 34 heavy (non-hydrogen) atoms. The summed E-state index contributed by atoms with van der Waals surface area (Å²) in [4.78, 5) is 40.6. The van der Waals surface area contributed by atoms with Gasteiger partial charge in [-0.15, -0.1) is 0 Å². The highest BCUT2D eigenvalue weighted by Crippen LogP contribution is 2.21. The Kier molecular flexibility index (Phi) is 6.78. The van der Waals surface area contributed by atoms with Gasteiger partial charge in [0.2, 0.25) is 5.95 Å². The molecule has 2 aromatic heterocycles. The molecule has 0 aliphatic heterocycles. The van der Waals surface area contributed by atoms with Gasteiger partial charge in [0.15, 0.2) is 0 Å². The number of halogens is 1. The highest BCUT2D eigenvalue weighted by molar-refractivity contribution is 6.30. The van der Waals surface area contributed by atoms with Crippen molar-refractivity contribution in [2.45, 2.75) is 33.5 Å². The molecule has 0 aliphatic carbocycles. The van der Waals surface area contributed by atoms with Gasteiger partial charge in [0, 0.05) is 29.6 Å². The summed E-state index contributed by atoms with van der Waals surface area (Å²) in [7, 11) is 0. The topological polar surface area (TPSA) is 113 Å². The van der Waals surface area contributed by atoms with E-state index < -0.39 is 11.4 Å². The number of fused-ring (bicyclic) bond motifs is 1. The summed E-state index contributed by atoms with van der Waals surface area (Å²) in [5.41, 5.74) is 1.24. The van der Waals surface area contributed by atoms with Crippen LogP contribution >= 0.6 is 11.6 Å². The molecular weight excluding hydrogens is 460 g/mol. The maximum atomic E-state index is 13.0. The number of nitrogens with zero attached hydrogens (tertiary/aromatic N) is 5. The van der Waals surface area contributed by atoms with E-state index in [0.717, 1.165) is 21.0 Å². The molecule has 0 saturated carbocycles. The molecule has 4 aromatic rings. The van der Waals surface area contributed by atoms with Gasteiger partial charge in [-0.2, -0.15) is 10.1 Å². The molecule has 0 radical (unpaired) electrons. The van der Waals surface area contributed by atoms with Gasteiger partial charge >= 0.3 is 17.3 Å². The third kappa shape index (κ3) is 5.01. The van der Waals surface area contributed by atoms with E-state index in [-0.39, 0.29) is 31.6 Å². The van der Waals surface area contributed by atoms with Crippen LogP contribution in [-0.2, 0) is 29.2 Å². The Hall–Kier alpha value is -3.92. The molecule has 0 saturated heterocycles. The first-order valence-corrected chi connectivity index (χ1v) is 11.1. The molecule has 0 bridgehead atoms. The fourth-order valence-electron chi connectivity index (χ4n) is 3.56. The number of rotatable bonds is 8. The average molecular weight is 483 g/mol. The summed E-state index contributed by atoms with van der Waals surface area (Å²) in [5.74, 6) is -0.207. The van der Waals surface area contributed by atoms with E-state index >= 15 is 0 Å². The third-order valence-electron chi connectivity index (χ3n) is 5.23. The Balaban J connectivity index is 1.66. The van der Waals surface area contributed by atoms with Crippen molar-refractivity contribution < 1.29 is 9.53 Å². The molecule has 1 N–H and O–H groups in total. The zero-order valence-electron chi connectivity index (χ0n) is 18.7. The Labute approximate surface area is 199 Å². The van der Waals surface area contributed by atoms with Gasteiger partial charge in [-0.05, 0) is 42.8 Å². The molecule has 0 amide bonds. The number of aromatic nitrogens is 5. The molecule has 0 atom stereocenters. The Bertz CT molecular complexity index is 1460. The molecular formula is C23H23ClN6O4. The van der Waals surface area contributed by atoms with E-state index in [0.29, 0.717) is 17.3 Å². The number of carbonyl (C=O) groups is 1. The summed E-state index contributed by atoms with van der Waals surface area (Å²) in [5, 5.41) is 8.86. The van der Waals surface area contributed by atoms with Crippen LogP contribution < -0.4 is 16.7 Å². The number of ether oxygens (including phenoxy) is 1. The minimum Gasteiger partial charge on any atom is -0.464 e. The largest absolute Gasteiger partial charge is 0.464 e. The summed E-state index contributed by atoms with van der Waals surface area (Å²) in [6.07, 6.45) is 1.69. The molecule has 2 heterocycles. The molecule has 0 fully saturated rings. The molecule has 11 heteroatoms. The molecule has 4 rings (SSSR count). The van der Waals surface area contributed by atoms with Crippen LogP contribution in [0.15, 0.2) is 58.3 Å². The lowest BCUT2D eigenvalue weighted by Gasteiger charge is -2.15. The van der Waals surface area contributed by atoms with Crippen molar-refractivity contribution in [1.29, 1.82) is 0 Å². The van der Waals surface area contributed by atoms with Gasteiger partial charge in [-0.1, -0.05) is 23.7 Å². The van der Waals surface area contributed by atoms with E-state index in [4.69, 9.17) is 16.3 Å². The lowest BCUT2D eigenvalue weighted by atomic mass is 10.2. The standard InChI is InChI=1S/C23H23ClN6O4/c1-3-28-22(32)27-21(29(23(28)33)14-16-4-6-18(24)7-5-16)26-19-8-9-20-17(12-19)13-25-30(20)10-11-34-15(2)31/h4-9,12-13H,3,10-11,14H2,1-2H3,(H,26,27,32). The van der Waals surface area contributed by atoms with Gasteiger partial charge in [0.1, 0.15) is 6.61 Å². The normalized spacial score (nSPS) is 11.0. The zero-order valence-corrected chi connectivity index (χ0v) is 19.5. The summed E-state index contributed by atoms with van der Waals surface area (Å²) >= 11 is 5.98. The molecule has 0 unspecified atom stereocenters. The van der Waals surface area contributed by atoms with Crippen molar-refractivity contribution in [3.63, 3.8) is 0 Å². The Morgan fingerprint density at radius 1 is 1.12 bits per heavy atom. The van der Waals surface area contributed by atoms with Crippen LogP contribution in [0.2, 0.25) is 5.02 Å². The van der Waals surface area contributed by atoms with Crippen LogP contribution in [0.5, 0.6) is 0 Å². The van der Waals surface area contributed by atoms with E-state index in [1.54, 1.807) is 36.0 Å². The second-order valence-corrected chi connectivity index (χ2v) is 8.00. The number of carbonyl (C=O) groups excluding carboxylic acids is 1.